The van der Waals surface area contributed by atoms with E-state index < -0.39 is 5.60 Å². The van der Waals surface area contributed by atoms with Gasteiger partial charge in [-0.2, -0.15) is 0 Å². The smallest absolute Gasteiger partial charge is 0.203 e. The summed E-state index contributed by atoms with van der Waals surface area (Å²) in [4.78, 5) is 0. The maximum Gasteiger partial charge on any atom is 0.203 e. The van der Waals surface area contributed by atoms with Crippen LogP contribution in [0.15, 0.2) is 24.3 Å². The van der Waals surface area contributed by atoms with Crippen molar-refractivity contribution in [2.45, 2.75) is 12.0 Å². The lowest BCUT2D eigenvalue weighted by Gasteiger charge is -2.40. The number of aliphatic hydroxyl groups is 1. The molecule has 2 aromatic carbocycles. The molecule has 0 saturated carbocycles. The molecular formula is C19H22O6. The molecule has 0 saturated heterocycles. The monoisotopic (exact) mass is 346 g/mol. The minimum Gasteiger partial charge on any atom is -0.493 e. The van der Waals surface area contributed by atoms with Crippen LogP contribution in [0.25, 0.3) is 0 Å². The zero-order valence-electron chi connectivity index (χ0n) is 15.0. The minimum atomic E-state index is -1.15. The third kappa shape index (κ3) is 2.53. The molecule has 6 heteroatoms. The fourth-order valence-electron chi connectivity index (χ4n) is 3.29. The van der Waals surface area contributed by atoms with Gasteiger partial charge in [0, 0.05) is 6.42 Å². The fraction of sp³-hybridized carbons (Fsp3) is 0.368. The van der Waals surface area contributed by atoms with Crippen molar-refractivity contribution in [3.8, 4) is 28.7 Å². The summed E-state index contributed by atoms with van der Waals surface area (Å²) in [6, 6.07) is 7.23. The molecule has 1 aliphatic rings. The van der Waals surface area contributed by atoms with Crippen LogP contribution < -0.4 is 23.7 Å². The first-order valence-corrected chi connectivity index (χ1v) is 7.80. The van der Waals surface area contributed by atoms with Crippen LogP contribution in [0.2, 0.25) is 0 Å². The van der Waals surface area contributed by atoms with Gasteiger partial charge in [0.05, 0.1) is 35.5 Å². The Morgan fingerprint density at radius 3 is 1.72 bits per heavy atom. The lowest BCUT2D eigenvalue weighted by atomic mass is 9.69. The van der Waals surface area contributed by atoms with E-state index in [2.05, 4.69) is 0 Å². The van der Waals surface area contributed by atoms with Crippen molar-refractivity contribution in [3.05, 3.63) is 41.0 Å². The largest absolute Gasteiger partial charge is 0.493 e. The van der Waals surface area contributed by atoms with E-state index in [1.54, 1.807) is 53.7 Å². The fourth-order valence-corrected chi connectivity index (χ4v) is 3.29. The minimum absolute atomic E-state index is 0.460. The summed E-state index contributed by atoms with van der Waals surface area (Å²) in [6.45, 7) is 0. The van der Waals surface area contributed by atoms with Crippen LogP contribution in [-0.2, 0) is 12.0 Å². The lowest BCUT2D eigenvalue weighted by molar-refractivity contribution is 0.0551. The molecule has 1 aliphatic carbocycles. The van der Waals surface area contributed by atoms with E-state index in [0.29, 0.717) is 40.7 Å². The van der Waals surface area contributed by atoms with E-state index >= 15 is 0 Å². The SMILES string of the molecule is COc1cc2c(cc1OC)C(O)(c1cc(OC)c(OC)c(OC)c1)C2. The predicted octanol–water partition coefficient (Wildman–Crippen LogP) is 2.52. The van der Waals surface area contributed by atoms with E-state index in [-0.39, 0.29) is 0 Å². The standard InChI is InChI=1S/C19H22O6/c1-21-14-6-11-10-19(20,13(11)9-15(14)22-2)12-7-16(23-3)18(25-5)17(8-12)24-4/h6-9,20H,10H2,1-5H3. The molecule has 1 atom stereocenters. The molecule has 0 bridgehead atoms. The van der Waals surface area contributed by atoms with Crippen molar-refractivity contribution in [2.75, 3.05) is 35.5 Å². The van der Waals surface area contributed by atoms with Gasteiger partial charge in [-0.05, 0) is 41.0 Å². The van der Waals surface area contributed by atoms with Gasteiger partial charge in [-0.15, -0.1) is 0 Å². The Balaban J connectivity index is 2.12. The summed E-state index contributed by atoms with van der Waals surface area (Å²) in [5.41, 5.74) is 1.30. The molecule has 0 spiro atoms. The second kappa shape index (κ2) is 6.37. The summed E-state index contributed by atoms with van der Waals surface area (Å²) in [7, 11) is 7.81. The molecule has 0 amide bonds. The zero-order chi connectivity index (χ0) is 18.2. The highest BCUT2D eigenvalue weighted by molar-refractivity contribution is 5.62. The molecule has 1 N–H and O–H groups in total. The summed E-state index contributed by atoms with van der Waals surface area (Å²) < 4.78 is 26.8. The first kappa shape index (κ1) is 17.2. The van der Waals surface area contributed by atoms with Crippen molar-refractivity contribution in [3.63, 3.8) is 0 Å². The van der Waals surface area contributed by atoms with Gasteiger partial charge in [-0.1, -0.05) is 0 Å². The van der Waals surface area contributed by atoms with Crippen LogP contribution >= 0.6 is 0 Å². The molecule has 0 fully saturated rings. The lowest BCUT2D eigenvalue weighted by Crippen LogP contribution is -2.39. The van der Waals surface area contributed by atoms with Crippen molar-refractivity contribution >= 4 is 0 Å². The number of benzene rings is 2. The number of rotatable bonds is 6. The topological polar surface area (TPSA) is 66.4 Å². The molecule has 0 aliphatic heterocycles. The summed E-state index contributed by atoms with van der Waals surface area (Å²) in [5.74, 6) is 2.71. The van der Waals surface area contributed by atoms with E-state index in [4.69, 9.17) is 23.7 Å². The first-order valence-electron chi connectivity index (χ1n) is 7.80. The third-order valence-electron chi connectivity index (χ3n) is 4.64. The Morgan fingerprint density at radius 2 is 1.24 bits per heavy atom. The molecule has 2 aromatic rings. The number of hydrogen-bond donors (Lipinski definition) is 1. The van der Waals surface area contributed by atoms with E-state index in [1.165, 1.54) is 0 Å². The highest BCUT2D eigenvalue weighted by Crippen LogP contribution is 2.51. The van der Waals surface area contributed by atoms with Crippen LogP contribution in [0, 0.1) is 0 Å². The molecule has 0 heterocycles. The van der Waals surface area contributed by atoms with Gasteiger partial charge >= 0.3 is 0 Å². The van der Waals surface area contributed by atoms with Gasteiger partial charge in [0.2, 0.25) is 5.75 Å². The molecule has 134 valence electrons. The summed E-state index contributed by atoms with van der Waals surface area (Å²) in [5, 5.41) is 11.3. The number of fused-ring (bicyclic) bond motifs is 1. The Kier molecular flexibility index (Phi) is 4.39. The highest BCUT2D eigenvalue weighted by Gasteiger charge is 2.44. The van der Waals surface area contributed by atoms with Crippen molar-refractivity contribution in [2.24, 2.45) is 0 Å². The van der Waals surface area contributed by atoms with Gasteiger partial charge in [-0.3, -0.25) is 0 Å². The van der Waals surface area contributed by atoms with Crippen molar-refractivity contribution < 1.29 is 28.8 Å². The number of hydrogen-bond acceptors (Lipinski definition) is 6. The second-order valence-corrected chi connectivity index (χ2v) is 5.82. The number of methoxy groups -OCH3 is 5. The quantitative estimate of drug-likeness (QED) is 0.867. The Morgan fingerprint density at radius 1 is 0.720 bits per heavy atom. The molecule has 25 heavy (non-hydrogen) atoms. The normalized spacial score (nSPS) is 18.0. The van der Waals surface area contributed by atoms with Crippen molar-refractivity contribution in [1.29, 1.82) is 0 Å². The summed E-state index contributed by atoms with van der Waals surface area (Å²) >= 11 is 0. The van der Waals surface area contributed by atoms with Gasteiger partial charge in [0.15, 0.2) is 23.0 Å². The Labute approximate surface area is 146 Å². The second-order valence-electron chi connectivity index (χ2n) is 5.82. The predicted molar refractivity (Wildman–Crippen MR) is 92.3 cm³/mol. The van der Waals surface area contributed by atoms with Crippen LogP contribution in [0.4, 0.5) is 0 Å². The van der Waals surface area contributed by atoms with Crippen LogP contribution in [0.3, 0.4) is 0 Å². The molecular weight excluding hydrogens is 324 g/mol. The van der Waals surface area contributed by atoms with Gasteiger partial charge in [0.25, 0.3) is 0 Å². The zero-order valence-corrected chi connectivity index (χ0v) is 15.0. The molecule has 1 unspecified atom stereocenters. The molecule has 0 radical (unpaired) electrons. The van der Waals surface area contributed by atoms with Gasteiger partial charge in [-0.25, -0.2) is 0 Å². The van der Waals surface area contributed by atoms with E-state index in [9.17, 15) is 5.11 Å². The van der Waals surface area contributed by atoms with Gasteiger partial charge in [0.1, 0.15) is 5.60 Å². The average molecular weight is 346 g/mol. The third-order valence-corrected chi connectivity index (χ3v) is 4.64. The molecule has 6 nitrogen and oxygen atoms in total. The molecule has 3 rings (SSSR count). The maximum atomic E-state index is 11.3. The van der Waals surface area contributed by atoms with E-state index in [1.807, 2.05) is 6.07 Å². The number of ether oxygens (including phenoxy) is 5. The molecule has 0 aromatic heterocycles. The Bertz CT molecular complexity index is 776. The van der Waals surface area contributed by atoms with Crippen LogP contribution in [0.1, 0.15) is 16.7 Å². The maximum absolute atomic E-state index is 11.3. The van der Waals surface area contributed by atoms with E-state index in [0.717, 1.165) is 11.1 Å². The average Bonchev–Trinajstić information content (AvgIpc) is 2.64. The summed E-state index contributed by atoms with van der Waals surface area (Å²) in [6.07, 6.45) is 0.460. The van der Waals surface area contributed by atoms with Crippen LogP contribution in [-0.4, -0.2) is 40.7 Å². The van der Waals surface area contributed by atoms with Gasteiger partial charge < -0.3 is 28.8 Å². The highest BCUT2D eigenvalue weighted by atomic mass is 16.5. The Hall–Kier alpha value is -2.60. The van der Waals surface area contributed by atoms with Crippen molar-refractivity contribution in [1.82, 2.24) is 0 Å². The first-order chi connectivity index (χ1) is 12.0. The van der Waals surface area contributed by atoms with Crippen LogP contribution in [0.5, 0.6) is 28.7 Å².